The Morgan fingerprint density at radius 2 is 1.74 bits per heavy atom. The van der Waals surface area contributed by atoms with Crippen molar-refractivity contribution >= 4 is 17.5 Å². The Morgan fingerprint density at radius 1 is 0.968 bits per heavy atom. The first kappa shape index (κ1) is 20.5. The summed E-state index contributed by atoms with van der Waals surface area (Å²) < 4.78 is 6.41. The normalized spacial score (nSPS) is 13.6. The minimum Gasteiger partial charge on any atom is -0.378 e. The minimum absolute atomic E-state index is 0.104. The maximum atomic E-state index is 12.6. The lowest BCUT2D eigenvalue weighted by atomic mass is 10.1. The van der Waals surface area contributed by atoms with Crippen molar-refractivity contribution in [2.24, 2.45) is 0 Å². The Labute approximate surface area is 179 Å². The molecule has 158 valence electrons. The standard InChI is InChI=1S/C23H22N4O4/c28-21(16-27-22(29)10-9-20(25-27)17-5-2-1-3-6-17)24-19-8-4-7-18(15-19)23(30)26-11-13-31-14-12-26/h1-10,15H,11-14,16H2,(H,24,28). The molecule has 0 unspecified atom stereocenters. The molecule has 0 atom stereocenters. The molecule has 2 aromatic carbocycles. The topological polar surface area (TPSA) is 93.5 Å². The molecule has 1 fully saturated rings. The van der Waals surface area contributed by atoms with Gasteiger partial charge in [-0.1, -0.05) is 36.4 Å². The Kier molecular flexibility index (Phi) is 6.18. The van der Waals surface area contributed by atoms with Crippen LogP contribution in [-0.4, -0.2) is 52.8 Å². The van der Waals surface area contributed by atoms with Gasteiger partial charge in [0.1, 0.15) is 6.54 Å². The van der Waals surface area contributed by atoms with E-state index >= 15 is 0 Å². The average molecular weight is 418 g/mol. The van der Waals surface area contributed by atoms with Gasteiger partial charge in [-0.15, -0.1) is 0 Å². The third-order valence-corrected chi connectivity index (χ3v) is 4.92. The predicted octanol–water partition coefficient (Wildman–Crippen LogP) is 2.02. The summed E-state index contributed by atoms with van der Waals surface area (Å²) in [7, 11) is 0. The lowest BCUT2D eigenvalue weighted by Gasteiger charge is -2.27. The summed E-state index contributed by atoms with van der Waals surface area (Å²) >= 11 is 0. The zero-order chi connectivity index (χ0) is 21.6. The van der Waals surface area contributed by atoms with Gasteiger partial charge in [0.15, 0.2) is 0 Å². The van der Waals surface area contributed by atoms with Gasteiger partial charge in [0.05, 0.1) is 18.9 Å². The number of anilines is 1. The van der Waals surface area contributed by atoms with Crippen LogP contribution in [0.3, 0.4) is 0 Å². The van der Waals surface area contributed by atoms with Crippen LogP contribution in [0.4, 0.5) is 5.69 Å². The van der Waals surface area contributed by atoms with E-state index in [0.29, 0.717) is 43.2 Å². The number of nitrogens with zero attached hydrogens (tertiary/aromatic N) is 3. The van der Waals surface area contributed by atoms with Gasteiger partial charge in [0.2, 0.25) is 5.91 Å². The third kappa shape index (κ3) is 5.04. The molecular weight excluding hydrogens is 396 g/mol. The maximum absolute atomic E-state index is 12.6. The van der Waals surface area contributed by atoms with Crippen molar-refractivity contribution in [2.75, 3.05) is 31.6 Å². The summed E-state index contributed by atoms with van der Waals surface area (Å²) in [4.78, 5) is 39.1. The van der Waals surface area contributed by atoms with Crippen molar-refractivity contribution in [1.29, 1.82) is 0 Å². The van der Waals surface area contributed by atoms with Crippen LogP contribution in [0.15, 0.2) is 71.5 Å². The van der Waals surface area contributed by atoms with Crippen LogP contribution in [0, 0.1) is 0 Å². The first-order valence-electron chi connectivity index (χ1n) is 10.0. The van der Waals surface area contributed by atoms with E-state index in [1.54, 1.807) is 35.2 Å². The Bertz CT molecular complexity index is 1140. The molecule has 3 aromatic rings. The third-order valence-electron chi connectivity index (χ3n) is 4.92. The molecule has 8 nitrogen and oxygen atoms in total. The highest BCUT2D eigenvalue weighted by Gasteiger charge is 2.19. The average Bonchev–Trinajstić information content (AvgIpc) is 2.81. The number of rotatable bonds is 5. The molecule has 1 N–H and O–H groups in total. The maximum Gasteiger partial charge on any atom is 0.267 e. The van der Waals surface area contributed by atoms with E-state index in [1.165, 1.54) is 6.07 Å². The van der Waals surface area contributed by atoms with Crippen LogP contribution in [0.1, 0.15) is 10.4 Å². The molecule has 0 radical (unpaired) electrons. The summed E-state index contributed by atoms with van der Waals surface area (Å²) in [5.41, 5.74) is 2.06. The van der Waals surface area contributed by atoms with Gasteiger partial charge in [-0.25, -0.2) is 4.68 Å². The lowest BCUT2D eigenvalue weighted by Crippen LogP contribution is -2.40. The zero-order valence-corrected chi connectivity index (χ0v) is 16.9. The number of benzene rings is 2. The van der Waals surface area contributed by atoms with Gasteiger partial charge < -0.3 is 15.0 Å². The fourth-order valence-electron chi connectivity index (χ4n) is 3.34. The Morgan fingerprint density at radius 3 is 2.52 bits per heavy atom. The van der Waals surface area contributed by atoms with Gasteiger partial charge in [0.25, 0.3) is 11.5 Å². The van der Waals surface area contributed by atoms with E-state index in [0.717, 1.165) is 10.2 Å². The number of nitrogens with one attached hydrogen (secondary N) is 1. The van der Waals surface area contributed by atoms with E-state index in [2.05, 4.69) is 10.4 Å². The Hall–Kier alpha value is -3.78. The second-order valence-electron chi connectivity index (χ2n) is 7.11. The molecule has 2 amide bonds. The molecule has 1 aliphatic rings. The molecule has 1 saturated heterocycles. The molecule has 8 heteroatoms. The van der Waals surface area contributed by atoms with Crippen molar-refractivity contribution in [3.05, 3.63) is 82.6 Å². The fraction of sp³-hybridized carbons (Fsp3) is 0.217. The second kappa shape index (κ2) is 9.36. The number of hydrogen-bond acceptors (Lipinski definition) is 5. The summed E-state index contributed by atoms with van der Waals surface area (Å²) in [5, 5.41) is 7.04. The molecule has 0 spiro atoms. The molecular formula is C23H22N4O4. The Balaban J connectivity index is 1.46. The van der Waals surface area contributed by atoms with E-state index < -0.39 is 5.91 Å². The zero-order valence-electron chi connectivity index (χ0n) is 16.9. The highest BCUT2D eigenvalue weighted by Crippen LogP contribution is 2.15. The first-order chi connectivity index (χ1) is 15.1. The van der Waals surface area contributed by atoms with E-state index in [-0.39, 0.29) is 18.0 Å². The molecule has 0 bridgehead atoms. The van der Waals surface area contributed by atoms with E-state index in [1.807, 2.05) is 30.3 Å². The molecule has 2 heterocycles. The van der Waals surface area contributed by atoms with Crippen LogP contribution in [0.25, 0.3) is 11.3 Å². The van der Waals surface area contributed by atoms with Crippen LogP contribution >= 0.6 is 0 Å². The lowest BCUT2D eigenvalue weighted by molar-refractivity contribution is -0.117. The van der Waals surface area contributed by atoms with E-state index in [9.17, 15) is 14.4 Å². The van der Waals surface area contributed by atoms with Crippen molar-refractivity contribution in [3.8, 4) is 11.3 Å². The highest BCUT2D eigenvalue weighted by atomic mass is 16.5. The first-order valence-corrected chi connectivity index (χ1v) is 10.0. The number of morpholine rings is 1. The molecule has 0 aliphatic carbocycles. The predicted molar refractivity (Wildman–Crippen MR) is 116 cm³/mol. The molecule has 1 aromatic heterocycles. The molecule has 1 aliphatic heterocycles. The van der Waals surface area contributed by atoms with Crippen molar-refractivity contribution in [2.45, 2.75) is 6.54 Å². The van der Waals surface area contributed by atoms with Crippen molar-refractivity contribution in [1.82, 2.24) is 14.7 Å². The highest BCUT2D eigenvalue weighted by molar-refractivity contribution is 5.97. The van der Waals surface area contributed by atoms with Gasteiger partial charge in [-0.3, -0.25) is 14.4 Å². The van der Waals surface area contributed by atoms with Gasteiger partial charge in [-0.2, -0.15) is 5.10 Å². The van der Waals surface area contributed by atoms with Gasteiger partial charge >= 0.3 is 0 Å². The SMILES string of the molecule is O=C(Cn1nc(-c2ccccc2)ccc1=O)Nc1cccc(C(=O)N2CCOCC2)c1. The molecule has 31 heavy (non-hydrogen) atoms. The molecule has 0 saturated carbocycles. The number of carbonyl (C=O) groups excluding carboxylic acids is 2. The number of aromatic nitrogens is 2. The van der Waals surface area contributed by atoms with Crippen LogP contribution in [0.5, 0.6) is 0 Å². The fourth-order valence-corrected chi connectivity index (χ4v) is 3.34. The van der Waals surface area contributed by atoms with E-state index in [4.69, 9.17) is 4.74 Å². The number of carbonyl (C=O) groups is 2. The number of hydrogen-bond donors (Lipinski definition) is 1. The van der Waals surface area contributed by atoms with Crippen LogP contribution < -0.4 is 10.9 Å². The van der Waals surface area contributed by atoms with Crippen molar-refractivity contribution in [3.63, 3.8) is 0 Å². The minimum atomic E-state index is -0.407. The number of amides is 2. The monoisotopic (exact) mass is 418 g/mol. The van der Waals surface area contributed by atoms with Crippen LogP contribution in [-0.2, 0) is 16.1 Å². The van der Waals surface area contributed by atoms with Crippen molar-refractivity contribution < 1.29 is 14.3 Å². The smallest absolute Gasteiger partial charge is 0.267 e. The summed E-state index contributed by atoms with van der Waals surface area (Å²) in [6.07, 6.45) is 0. The largest absolute Gasteiger partial charge is 0.378 e. The van der Waals surface area contributed by atoms with Gasteiger partial charge in [0, 0.05) is 36.0 Å². The summed E-state index contributed by atoms with van der Waals surface area (Å²) in [5.74, 6) is -0.511. The summed E-state index contributed by atoms with van der Waals surface area (Å²) in [6, 6.07) is 19.2. The van der Waals surface area contributed by atoms with Gasteiger partial charge in [-0.05, 0) is 24.3 Å². The summed E-state index contributed by atoms with van der Waals surface area (Å²) in [6.45, 7) is 1.89. The second-order valence-corrected chi connectivity index (χ2v) is 7.11. The number of ether oxygens (including phenoxy) is 1. The quantitative estimate of drug-likeness (QED) is 0.684. The molecule has 4 rings (SSSR count). The van der Waals surface area contributed by atoms with Crippen LogP contribution in [0.2, 0.25) is 0 Å².